The number of nitrogens with zero attached hydrogens (tertiary/aromatic N) is 1. The molecule has 0 heterocycles. The van der Waals surface area contributed by atoms with E-state index >= 15 is 0 Å². The number of hydrogen-bond donors (Lipinski definition) is 4. The molecule has 44 heavy (non-hydrogen) atoms. The molecule has 9 heteroatoms. The Morgan fingerprint density at radius 3 is 2.09 bits per heavy atom. The summed E-state index contributed by atoms with van der Waals surface area (Å²) in [5.74, 6) is -0.852. The Kier molecular flexibility index (Phi) is 15.6. The Hall–Kier alpha value is -3.75. The van der Waals surface area contributed by atoms with Gasteiger partial charge >= 0.3 is 6.09 Å². The lowest BCUT2D eigenvalue weighted by Gasteiger charge is -2.35. The predicted octanol–water partition coefficient (Wildman–Crippen LogP) is 6.77. The Bertz CT molecular complexity index is 1160. The van der Waals surface area contributed by atoms with E-state index in [2.05, 4.69) is 24.5 Å². The van der Waals surface area contributed by atoms with E-state index in [0.29, 0.717) is 24.1 Å². The highest BCUT2D eigenvalue weighted by Crippen LogP contribution is 2.30. The molecule has 9 nitrogen and oxygen atoms in total. The summed E-state index contributed by atoms with van der Waals surface area (Å²) in [4.78, 5) is 42.8. The average molecular weight is 612 g/mol. The third-order valence-corrected chi connectivity index (χ3v) is 7.27. The van der Waals surface area contributed by atoms with E-state index in [4.69, 9.17) is 4.74 Å². The van der Waals surface area contributed by atoms with Crippen LogP contribution in [0.3, 0.4) is 0 Å². The molecule has 0 fully saturated rings. The summed E-state index contributed by atoms with van der Waals surface area (Å²) in [5.41, 5.74) is 0.242. The van der Waals surface area contributed by atoms with E-state index in [9.17, 15) is 24.6 Å². The van der Waals surface area contributed by atoms with Crippen LogP contribution in [0.25, 0.3) is 0 Å². The maximum absolute atomic E-state index is 14.5. The molecule has 4 N–H and O–H groups in total. The van der Waals surface area contributed by atoms with E-state index < -0.39 is 29.7 Å². The number of unbranched alkanes of at least 4 members (excludes halogenated alkanes) is 7. The molecule has 0 aromatic heterocycles. The average Bonchev–Trinajstić information content (AvgIpc) is 2.96. The van der Waals surface area contributed by atoms with Crippen molar-refractivity contribution in [1.82, 2.24) is 15.5 Å². The Morgan fingerprint density at radius 1 is 0.841 bits per heavy atom. The Morgan fingerprint density at radius 2 is 1.45 bits per heavy atom. The highest BCUT2D eigenvalue weighted by atomic mass is 16.6. The van der Waals surface area contributed by atoms with Crippen molar-refractivity contribution >= 4 is 17.9 Å². The van der Waals surface area contributed by atoms with Crippen molar-refractivity contribution in [2.75, 3.05) is 13.1 Å². The van der Waals surface area contributed by atoms with Crippen molar-refractivity contribution in [3.63, 3.8) is 0 Å². The van der Waals surface area contributed by atoms with Gasteiger partial charge in [-0.25, -0.2) is 4.79 Å². The summed E-state index contributed by atoms with van der Waals surface area (Å²) in [6.07, 6.45) is 7.98. The Balaban J connectivity index is 2.51. The summed E-state index contributed by atoms with van der Waals surface area (Å²) in [6.45, 7) is 10.2. The molecule has 0 saturated heterocycles. The summed E-state index contributed by atoms with van der Waals surface area (Å²) in [5, 5.41) is 26.4. The largest absolute Gasteiger partial charge is 0.508 e. The van der Waals surface area contributed by atoms with E-state index in [-0.39, 0.29) is 30.4 Å². The van der Waals surface area contributed by atoms with E-state index in [1.165, 1.54) is 23.1 Å². The summed E-state index contributed by atoms with van der Waals surface area (Å²) in [6, 6.07) is 10.8. The number of rotatable bonds is 18. The molecule has 0 aliphatic heterocycles. The van der Waals surface area contributed by atoms with Gasteiger partial charge in [-0.3, -0.25) is 9.59 Å². The molecule has 3 amide bonds. The first kappa shape index (κ1) is 36.4. The molecular weight excluding hydrogens is 558 g/mol. The van der Waals surface area contributed by atoms with Crippen LogP contribution in [0.15, 0.2) is 48.5 Å². The van der Waals surface area contributed by atoms with Crippen LogP contribution in [-0.4, -0.2) is 57.8 Å². The number of hydrogen-bond acceptors (Lipinski definition) is 6. The minimum Gasteiger partial charge on any atom is -0.508 e. The van der Waals surface area contributed by atoms with Crippen molar-refractivity contribution < 1.29 is 29.3 Å². The van der Waals surface area contributed by atoms with Gasteiger partial charge in [0, 0.05) is 25.1 Å². The predicted molar refractivity (Wildman–Crippen MR) is 173 cm³/mol. The molecule has 0 spiro atoms. The van der Waals surface area contributed by atoms with Gasteiger partial charge in [-0.15, -0.1) is 0 Å². The topological polar surface area (TPSA) is 128 Å². The van der Waals surface area contributed by atoms with Gasteiger partial charge in [0.25, 0.3) is 0 Å². The number of carbonyl (C=O) groups is 3. The quantitative estimate of drug-likeness (QED) is 0.138. The molecule has 2 aromatic rings. The molecule has 2 rings (SSSR count). The van der Waals surface area contributed by atoms with Crippen molar-refractivity contribution in [1.29, 1.82) is 0 Å². The van der Waals surface area contributed by atoms with Gasteiger partial charge in [-0.05, 0) is 57.4 Å². The van der Waals surface area contributed by atoms with Crippen LogP contribution in [-0.2, 0) is 20.7 Å². The molecular formula is C35H53N3O6. The smallest absolute Gasteiger partial charge is 0.408 e. The molecule has 2 unspecified atom stereocenters. The van der Waals surface area contributed by atoms with E-state index in [0.717, 1.165) is 51.4 Å². The van der Waals surface area contributed by atoms with Gasteiger partial charge in [0.05, 0.1) is 0 Å². The summed E-state index contributed by atoms with van der Waals surface area (Å²) in [7, 11) is 0. The number of para-hydroxylation sites is 1. The standard InChI is InChI=1S/C35H53N3O6/c1-6-8-10-11-12-16-24-38(31(28-17-13-14-18-30(28)40)32(41)36-23-15-9-7-2)33(42)29(37-34(43)44-35(3,4)5)25-26-19-21-27(39)22-20-26/h13-14,17-22,29,31,39-40H,6-12,15-16,23-25H2,1-5H3,(H,36,41)(H,37,43). The van der Waals surface area contributed by atoms with Gasteiger partial charge in [-0.2, -0.15) is 0 Å². The fraction of sp³-hybridized carbons (Fsp3) is 0.571. The van der Waals surface area contributed by atoms with Gasteiger partial charge in [-0.1, -0.05) is 89.1 Å². The second-order valence-electron chi connectivity index (χ2n) is 12.3. The first-order valence-corrected chi connectivity index (χ1v) is 16.1. The first-order valence-electron chi connectivity index (χ1n) is 16.1. The van der Waals surface area contributed by atoms with Crippen molar-refractivity contribution in [2.24, 2.45) is 0 Å². The second kappa shape index (κ2) is 18.8. The molecule has 0 aliphatic carbocycles. The van der Waals surface area contributed by atoms with Gasteiger partial charge in [0.1, 0.15) is 29.2 Å². The fourth-order valence-corrected chi connectivity index (χ4v) is 5.00. The normalized spacial score (nSPS) is 12.7. The zero-order valence-corrected chi connectivity index (χ0v) is 27.2. The minimum absolute atomic E-state index is 0.0841. The molecule has 2 atom stereocenters. The van der Waals surface area contributed by atoms with Crippen LogP contribution >= 0.6 is 0 Å². The highest BCUT2D eigenvalue weighted by molar-refractivity contribution is 5.92. The molecule has 0 radical (unpaired) electrons. The molecule has 0 bridgehead atoms. The molecule has 0 aliphatic rings. The monoisotopic (exact) mass is 611 g/mol. The Labute approximate surface area is 263 Å². The van der Waals surface area contributed by atoms with Gasteiger partial charge in [0.2, 0.25) is 11.8 Å². The molecule has 244 valence electrons. The molecule has 0 saturated carbocycles. The van der Waals surface area contributed by atoms with Crippen LogP contribution in [0.4, 0.5) is 4.79 Å². The number of phenolic OH excluding ortho intramolecular Hbond substituents is 2. The maximum Gasteiger partial charge on any atom is 0.408 e. The van der Waals surface area contributed by atoms with Gasteiger partial charge < -0.3 is 30.5 Å². The summed E-state index contributed by atoms with van der Waals surface area (Å²) >= 11 is 0. The summed E-state index contributed by atoms with van der Waals surface area (Å²) < 4.78 is 5.50. The van der Waals surface area contributed by atoms with Gasteiger partial charge in [0.15, 0.2) is 0 Å². The number of phenols is 2. The SMILES string of the molecule is CCCCCCCCN(C(=O)C(Cc1ccc(O)cc1)NC(=O)OC(C)(C)C)C(C(=O)NCCCCC)c1ccccc1O. The number of aromatic hydroxyl groups is 2. The van der Waals surface area contributed by atoms with Crippen LogP contribution in [0, 0.1) is 0 Å². The first-order chi connectivity index (χ1) is 21.0. The third kappa shape index (κ3) is 12.9. The number of amides is 3. The minimum atomic E-state index is -1.11. The van der Waals surface area contributed by atoms with Crippen LogP contribution < -0.4 is 10.6 Å². The van der Waals surface area contributed by atoms with Crippen molar-refractivity contribution in [2.45, 2.75) is 117 Å². The maximum atomic E-state index is 14.5. The van der Waals surface area contributed by atoms with Crippen molar-refractivity contribution in [3.8, 4) is 11.5 Å². The lowest BCUT2D eigenvalue weighted by Crippen LogP contribution is -2.54. The van der Waals surface area contributed by atoms with Crippen LogP contribution in [0.5, 0.6) is 11.5 Å². The lowest BCUT2D eigenvalue weighted by molar-refractivity contribution is -0.142. The number of carbonyl (C=O) groups excluding carboxylic acids is 3. The highest BCUT2D eigenvalue weighted by Gasteiger charge is 2.37. The number of alkyl carbamates (subject to hydrolysis) is 1. The lowest BCUT2D eigenvalue weighted by atomic mass is 9.98. The zero-order chi connectivity index (χ0) is 32.5. The van der Waals surface area contributed by atoms with E-state index in [1.54, 1.807) is 51.1 Å². The molecule has 2 aromatic carbocycles. The third-order valence-electron chi connectivity index (χ3n) is 7.27. The second-order valence-corrected chi connectivity index (χ2v) is 12.3. The number of ether oxygens (including phenoxy) is 1. The van der Waals surface area contributed by atoms with Crippen LogP contribution in [0.1, 0.15) is 110 Å². The number of benzene rings is 2. The van der Waals surface area contributed by atoms with Crippen molar-refractivity contribution in [3.05, 3.63) is 59.7 Å². The van der Waals surface area contributed by atoms with E-state index in [1.807, 2.05) is 0 Å². The number of nitrogens with one attached hydrogen (secondary N) is 2. The zero-order valence-electron chi connectivity index (χ0n) is 27.2. The fourth-order valence-electron chi connectivity index (χ4n) is 5.00. The van der Waals surface area contributed by atoms with Crippen LogP contribution in [0.2, 0.25) is 0 Å².